The molecular weight excluding hydrogens is 403 g/mol. The molecule has 0 aromatic heterocycles. The lowest BCUT2D eigenvalue weighted by Crippen LogP contribution is -2.37. The summed E-state index contributed by atoms with van der Waals surface area (Å²) in [5.74, 6) is -0.168. The Morgan fingerprint density at radius 1 is 1.22 bits per heavy atom. The van der Waals surface area contributed by atoms with E-state index in [0.29, 0.717) is 18.8 Å². The lowest BCUT2D eigenvalue weighted by molar-refractivity contribution is -0.141. The molecule has 0 saturated carbocycles. The zero-order chi connectivity index (χ0) is 18.3. The Bertz CT molecular complexity index is 551. The van der Waals surface area contributed by atoms with E-state index in [9.17, 15) is 9.90 Å². The van der Waals surface area contributed by atoms with Gasteiger partial charge in [0.15, 0.2) is 0 Å². The van der Waals surface area contributed by atoms with Crippen molar-refractivity contribution in [2.75, 3.05) is 19.6 Å². The van der Waals surface area contributed by atoms with E-state index < -0.39 is 11.3 Å². The fourth-order valence-corrected chi connectivity index (χ4v) is 3.68. The number of hydrogen-bond acceptors (Lipinski definition) is 2. The molecule has 3 nitrogen and oxygen atoms in total. The van der Waals surface area contributed by atoms with Crippen LogP contribution in [-0.2, 0) is 11.2 Å². The number of likely N-dealkylation sites (tertiary alicyclic amines) is 1. The Labute approximate surface area is 182 Å². The van der Waals surface area contributed by atoms with Crippen molar-refractivity contribution in [2.24, 2.45) is 5.92 Å². The molecule has 0 aliphatic carbocycles. The van der Waals surface area contributed by atoms with E-state index in [1.807, 2.05) is 12.1 Å². The number of piperidine rings is 1. The smallest absolute Gasteiger partial charge is 0.300 e. The first-order valence-electron chi connectivity index (χ1n) is 9.42. The largest absolute Gasteiger partial charge is 0.481 e. The highest BCUT2D eigenvalue weighted by atomic mass is 35.5. The van der Waals surface area contributed by atoms with Crippen LogP contribution < -0.4 is 0 Å². The number of benzene rings is 1. The van der Waals surface area contributed by atoms with E-state index >= 15 is 0 Å². The number of rotatable bonds is 9. The zero-order valence-corrected chi connectivity index (χ0v) is 18.4. The normalized spacial score (nSPS) is 17.4. The molecule has 0 amide bonds. The molecule has 0 bridgehead atoms. The average Bonchev–Trinajstić information content (AvgIpc) is 2.61. The minimum Gasteiger partial charge on any atom is -0.481 e. The molecule has 2 radical (unpaired) electrons. The van der Waals surface area contributed by atoms with Crippen LogP contribution in [-0.4, -0.2) is 43.5 Å². The van der Waals surface area contributed by atoms with Crippen molar-refractivity contribution in [2.45, 2.75) is 57.2 Å². The van der Waals surface area contributed by atoms with Crippen LogP contribution in [0.15, 0.2) is 24.3 Å². The van der Waals surface area contributed by atoms with Gasteiger partial charge in [0.2, 0.25) is 0 Å². The van der Waals surface area contributed by atoms with Gasteiger partial charge in [-0.25, -0.2) is 0 Å². The summed E-state index contributed by atoms with van der Waals surface area (Å²) >= 11 is 5.94. The monoisotopic (exact) mass is 433 g/mol. The molecule has 1 aliphatic heterocycles. The predicted octanol–water partition coefficient (Wildman–Crippen LogP) is 5.43. The van der Waals surface area contributed by atoms with Gasteiger partial charge in [-0.2, -0.15) is 0 Å². The minimum absolute atomic E-state index is 0. The third-order valence-electron chi connectivity index (χ3n) is 5.42. The van der Waals surface area contributed by atoms with Gasteiger partial charge >= 0.3 is 5.97 Å². The summed E-state index contributed by atoms with van der Waals surface area (Å²) in [6, 6.07) is 8.13. The molecule has 1 aromatic rings. The number of nitrogens with zero attached hydrogens (tertiary/aromatic N) is 1. The predicted molar refractivity (Wildman–Crippen MR) is 119 cm³/mol. The second-order valence-electron chi connectivity index (χ2n) is 7.43. The van der Waals surface area contributed by atoms with Gasteiger partial charge in [-0.05, 0) is 75.4 Å². The first-order chi connectivity index (χ1) is 11.9. The Morgan fingerprint density at radius 3 is 2.33 bits per heavy atom. The van der Waals surface area contributed by atoms with Crippen molar-refractivity contribution in [3.05, 3.63) is 34.9 Å². The SMILES string of the molecule is Cl.Cl.[B]C(CCCC)(CCN1CCC(Cc2ccc(Cl)cc2)CC1)C(=O)O. The summed E-state index contributed by atoms with van der Waals surface area (Å²) in [7, 11) is 6.15. The number of hydrogen-bond donors (Lipinski definition) is 1. The van der Waals surface area contributed by atoms with Crippen molar-refractivity contribution < 1.29 is 9.90 Å². The fourth-order valence-electron chi connectivity index (χ4n) is 3.56. The summed E-state index contributed by atoms with van der Waals surface area (Å²) in [6.45, 7) is 4.90. The van der Waals surface area contributed by atoms with Crippen LogP contribution in [0.3, 0.4) is 0 Å². The standard InChI is InChI=1S/C20H29BClNO2.2ClH/c1-2-3-10-20(21,19(24)25)11-14-23-12-8-17(9-13-23)15-16-4-6-18(22)7-5-16;;/h4-7,17H,2-3,8-15H2,1H3,(H,24,25);2*1H. The molecular formula is C20H31BCl3NO2. The van der Waals surface area contributed by atoms with Crippen LogP contribution in [0.1, 0.15) is 51.0 Å². The molecule has 1 aliphatic rings. The molecule has 1 atom stereocenters. The molecule has 1 unspecified atom stereocenters. The zero-order valence-electron chi connectivity index (χ0n) is 16.0. The maximum atomic E-state index is 11.5. The van der Waals surface area contributed by atoms with Crippen LogP contribution in [0.5, 0.6) is 0 Å². The van der Waals surface area contributed by atoms with Crippen LogP contribution in [0.25, 0.3) is 0 Å². The highest BCUT2D eigenvalue weighted by Crippen LogP contribution is 2.34. The lowest BCUT2D eigenvalue weighted by Gasteiger charge is -2.34. The number of carbonyl (C=O) groups is 1. The van der Waals surface area contributed by atoms with Crippen molar-refractivity contribution in [1.29, 1.82) is 0 Å². The summed E-state index contributed by atoms with van der Waals surface area (Å²) in [5.41, 5.74) is 1.34. The maximum Gasteiger partial charge on any atom is 0.300 e. The second-order valence-corrected chi connectivity index (χ2v) is 7.87. The van der Waals surface area contributed by atoms with Gasteiger partial charge in [0.05, 0.1) is 7.85 Å². The molecule has 1 N–H and O–H groups in total. The van der Waals surface area contributed by atoms with E-state index in [1.165, 1.54) is 5.56 Å². The van der Waals surface area contributed by atoms with Crippen molar-refractivity contribution >= 4 is 50.2 Å². The quantitative estimate of drug-likeness (QED) is 0.527. The number of halogens is 3. The minimum atomic E-state index is -1.07. The molecule has 27 heavy (non-hydrogen) atoms. The van der Waals surface area contributed by atoms with Crippen molar-refractivity contribution in [3.63, 3.8) is 0 Å². The third-order valence-corrected chi connectivity index (χ3v) is 5.67. The lowest BCUT2D eigenvalue weighted by atomic mass is 9.63. The number of carboxylic acid groups (broad SMARTS) is 1. The molecule has 7 heteroatoms. The molecule has 2 rings (SSSR count). The summed E-state index contributed by atoms with van der Waals surface area (Å²) in [6.07, 6.45) is 6.34. The van der Waals surface area contributed by atoms with E-state index in [1.54, 1.807) is 0 Å². The Balaban J connectivity index is 0.00000338. The van der Waals surface area contributed by atoms with Gasteiger partial charge in [0.1, 0.15) is 0 Å². The summed E-state index contributed by atoms with van der Waals surface area (Å²) < 4.78 is 0. The van der Waals surface area contributed by atoms with Gasteiger partial charge in [0, 0.05) is 10.3 Å². The van der Waals surface area contributed by atoms with Crippen LogP contribution >= 0.6 is 36.4 Å². The van der Waals surface area contributed by atoms with E-state index in [4.69, 9.17) is 19.4 Å². The number of unbranched alkanes of at least 4 members (excludes halogenated alkanes) is 1. The molecule has 0 spiro atoms. The van der Waals surface area contributed by atoms with Gasteiger partial charge < -0.3 is 10.0 Å². The van der Waals surface area contributed by atoms with Gasteiger partial charge in [0.25, 0.3) is 0 Å². The van der Waals surface area contributed by atoms with Crippen molar-refractivity contribution in [1.82, 2.24) is 4.90 Å². The van der Waals surface area contributed by atoms with Gasteiger partial charge in [-0.15, -0.1) is 24.8 Å². The first kappa shape index (κ1) is 26.6. The Kier molecular flexibility index (Phi) is 12.7. The third kappa shape index (κ3) is 8.64. The van der Waals surface area contributed by atoms with Crippen LogP contribution in [0, 0.1) is 5.92 Å². The number of aliphatic carboxylic acids is 1. The first-order valence-corrected chi connectivity index (χ1v) is 9.80. The molecule has 1 heterocycles. The molecule has 152 valence electrons. The highest BCUT2D eigenvalue weighted by Gasteiger charge is 2.32. The Hall–Kier alpha value is -0.415. The van der Waals surface area contributed by atoms with Crippen molar-refractivity contribution in [3.8, 4) is 0 Å². The number of carboxylic acids is 1. The highest BCUT2D eigenvalue weighted by molar-refractivity contribution is 6.30. The van der Waals surface area contributed by atoms with Gasteiger partial charge in [-0.3, -0.25) is 4.79 Å². The molecule has 1 aromatic carbocycles. The van der Waals surface area contributed by atoms with E-state index in [0.717, 1.165) is 56.8 Å². The van der Waals surface area contributed by atoms with Crippen LogP contribution in [0.4, 0.5) is 0 Å². The van der Waals surface area contributed by atoms with Crippen LogP contribution in [0.2, 0.25) is 10.3 Å². The molecule has 1 fully saturated rings. The summed E-state index contributed by atoms with van der Waals surface area (Å²) in [4.78, 5) is 13.9. The maximum absolute atomic E-state index is 11.5. The second kappa shape index (κ2) is 12.9. The average molecular weight is 435 g/mol. The van der Waals surface area contributed by atoms with E-state index in [2.05, 4.69) is 24.0 Å². The molecule has 1 saturated heterocycles. The van der Waals surface area contributed by atoms with E-state index in [-0.39, 0.29) is 24.8 Å². The summed E-state index contributed by atoms with van der Waals surface area (Å²) in [5, 5.41) is 9.17. The Morgan fingerprint density at radius 2 is 1.81 bits per heavy atom. The van der Waals surface area contributed by atoms with Gasteiger partial charge in [-0.1, -0.05) is 43.5 Å². The fraction of sp³-hybridized carbons (Fsp3) is 0.650. The topological polar surface area (TPSA) is 40.5 Å².